The maximum atomic E-state index is 12.0. The zero-order valence-corrected chi connectivity index (χ0v) is 12.4. The van der Waals surface area contributed by atoms with Crippen molar-refractivity contribution in [3.8, 4) is 5.75 Å². The van der Waals surface area contributed by atoms with E-state index in [1.54, 1.807) is 18.2 Å². The lowest BCUT2D eigenvalue weighted by molar-refractivity contribution is 0.415. The van der Waals surface area contributed by atoms with Gasteiger partial charge in [0.05, 0.1) is 18.7 Å². The summed E-state index contributed by atoms with van der Waals surface area (Å²) in [6.07, 6.45) is 0. The van der Waals surface area contributed by atoms with Crippen molar-refractivity contribution in [2.45, 2.75) is 6.54 Å². The van der Waals surface area contributed by atoms with Gasteiger partial charge in [-0.05, 0) is 17.7 Å². The first kappa shape index (κ1) is 14.7. The molecule has 106 valence electrons. The third-order valence-electron chi connectivity index (χ3n) is 2.91. The van der Waals surface area contributed by atoms with Crippen LogP contribution in [-0.2, 0) is 13.6 Å². The molecule has 1 aromatic heterocycles. The molecule has 2 rings (SSSR count). The van der Waals surface area contributed by atoms with Crippen molar-refractivity contribution < 1.29 is 4.74 Å². The highest BCUT2D eigenvalue weighted by molar-refractivity contribution is 6.32. The molecule has 0 amide bonds. The van der Waals surface area contributed by atoms with E-state index >= 15 is 0 Å². The zero-order valence-electron chi connectivity index (χ0n) is 10.9. The number of hydrogen-bond acceptors (Lipinski definition) is 3. The normalized spacial score (nSPS) is 10.6. The van der Waals surface area contributed by atoms with E-state index in [4.69, 9.17) is 27.9 Å². The maximum absolute atomic E-state index is 12.0. The Hall–Kier alpha value is -1.72. The Morgan fingerprint density at radius 2 is 1.90 bits per heavy atom. The second kappa shape index (κ2) is 5.73. The Morgan fingerprint density at radius 1 is 1.20 bits per heavy atom. The van der Waals surface area contributed by atoms with Crippen LogP contribution in [0.25, 0.3) is 0 Å². The molecule has 0 fully saturated rings. The highest BCUT2D eigenvalue weighted by Crippen LogP contribution is 2.25. The molecule has 0 N–H and O–H groups in total. The van der Waals surface area contributed by atoms with Crippen LogP contribution in [0.4, 0.5) is 0 Å². The number of methoxy groups -OCH3 is 1. The second-order valence-electron chi connectivity index (χ2n) is 4.20. The van der Waals surface area contributed by atoms with Gasteiger partial charge in [0, 0.05) is 13.1 Å². The topological polar surface area (TPSA) is 53.2 Å². The van der Waals surface area contributed by atoms with Crippen LogP contribution in [0, 0.1) is 0 Å². The summed E-state index contributed by atoms with van der Waals surface area (Å²) in [7, 11) is 2.92. The van der Waals surface area contributed by atoms with E-state index in [0.717, 1.165) is 10.1 Å². The SMILES string of the molecule is COc1ccc(Cn2c(Cl)cc(=O)n(C)c2=O)cc1Cl. The second-order valence-corrected chi connectivity index (χ2v) is 5.00. The van der Waals surface area contributed by atoms with E-state index in [1.807, 2.05) is 0 Å². The molecule has 0 saturated heterocycles. The Kier molecular flexibility index (Phi) is 4.20. The summed E-state index contributed by atoms with van der Waals surface area (Å²) in [4.78, 5) is 23.4. The lowest BCUT2D eigenvalue weighted by Crippen LogP contribution is -2.37. The minimum atomic E-state index is -0.477. The third kappa shape index (κ3) is 2.73. The van der Waals surface area contributed by atoms with Gasteiger partial charge in [-0.3, -0.25) is 13.9 Å². The van der Waals surface area contributed by atoms with E-state index in [2.05, 4.69) is 0 Å². The number of aromatic nitrogens is 2. The van der Waals surface area contributed by atoms with E-state index in [0.29, 0.717) is 10.8 Å². The lowest BCUT2D eigenvalue weighted by Gasteiger charge is -2.11. The van der Waals surface area contributed by atoms with Gasteiger partial charge in [-0.25, -0.2) is 4.79 Å². The van der Waals surface area contributed by atoms with Gasteiger partial charge >= 0.3 is 5.69 Å². The Bertz CT molecular complexity index is 765. The molecule has 0 saturated carbocycles. The molecule has 0 aliphatic rings. The minimum absolute atomic E-state index is 0.0880. The van der Waals surface area contributed by atoms with Crippen molar-refractivity contribution in [3.05, 3.63) is 60.8 Å². The van der Waals surface area contributed by atoms with Crippen molar-refractivity contribution in [3.63, 3.8) is 0 Å². The summed E-state index contributed by atoms with van der Waals surface area (Å²) >= 11 is 12.0. The average molecular weight is 315 g/mol. The van der Waals surface area contributed by atoms with Crippen LogP contribution < -0.4 is 16.0 Å². The van der Waals surface area contributed by atoms with Gasteiger partial charge < -0.3 is 4.74 Å². The molecule has 0 atom stereocenters. The smallest absolute Gasteiger partial charge is 0.332 e. The highest BCUT2D eigenvalue weighted by atomic mass is 35.5. The van der Waals surface area contributed by atoms with Gasteiger partial charge in [0.25, 0.3) is 5.56 Å². The van der Waals surface area contributed by atoms with Crippen molar-refractivity contribution in [2.75, 3.05) is 7.11 Å². The summed E-state index contributed by atoms with van der Waals surface area (Å²) in [5.41, 5.74) is -0.142. The van der Waals surface area contributed by atoms with E-state index in [9.17, 15) is 9.59 Å². The van der Waals surface area contributed by atoms with Gasteiger partial charge in [-0.1, -0.05) is 29.3 Å². The van der Waals surface area contributed by atoms with Crippen LogP contribution >= 0.6 is 23.2 Å². The average Bonchev–Trinajstić information content (AvgIpc) is 2.41. The van der Waals surface area contributed by atoms with Crippen molar-refractivity contribution >= 4 is 23.2 Å². The van der Waals surface area contributed by atoms with Gasteiger partial charge in [-0.15, -0.1) is 0 Å². The molecule has 2 aromatic rings. The number of halogens is 2. The van der Waals surface area contributed by atoms with Crippen molar-refractivity contribution in [2.24, 2.45) is 7.05 Å². The fourth-order valence-corrected chi connectivity index (χ4v) is 2.28. The largest absolute Gasteiger partial charge is 0.495 e. The number of hydrogen-bond donors (Lipinski definition) is 0. The quantitative estimate of drug-likeness (QED) is 0.813. The number of ether oxygens (including phenoxy) is 1. The Labute approximate surface area is 124 Å². The van der Waals surface area contributed by atoms with Crippen LogP contribution in [0.2, 0.25) is 10.2 Å². The summed E-state index contributed by atoms with van der Waals surface area (Å²) in [5.74, 6) is 0.550. The van der Waals surface area contributed by atoms with Gasteiger partial charge in [0.15, 0.2) is 0 Å². The summed E-state index contributed by atoms with van der Waals surface area (Å²) in [6, 6.07) is 6.37. The fourth-order valence-electron chi connectivity index (χ4n) is 1.78. The third-order valence-corrected chi connectivity index (χ3v) is 3.51. The molecule has 0 unspecified atom stereocenters. The summed E-state index contributed by atoms with van der Waals surface area (Å²) in [5, 5.41) is 0.532. The molecule has 0 spiro atoms. The Morgan fingerprint density at radius 3 is 2.50 bits per heavy atom. The van der Waals surface area contributed by atoms with E-state index in [-0.39, 0.29) is 11.7 Å². The maximum Gasteiger partial charge on any atom is 0.332 e. The molecule has 5 nitrogen and oxygen atoms in total. The first-order chi connectivity index (χ1) is 9.43. The van der Waals surface area contributed by atoms with Crippen LogP contribution in [0.5, 0.6) is 5.75 Å². The monoisotopic (exact) mass is 314 g/mol. The molecule has 7 heteroatoms. The molecule has 0 aliphatic heterocycles. The summed E-state index contributed by atoms with van der Waals surface area (Å²) in [6.45, 7) is 0.218. The summed E-state index contributed by atoms with van der Waals surface area (Å²) < 4.78 is 7.35. The first-order valence-electron chi connectivity index (χ1n) is 5.73. The zero-order chi connectivity index (χ0) is 14.9. The molecule has 0 bridgehead atoms. The number of benzene rings is 1. The van der Waals surface area contributed by atoms with Crippen molar-refractivity contribution in [1.29, 1.82) is 0 Å². The predicted octanol–water partition coefficient (Wildman–Crippen LogP) is 1.91. The van der Waals surface area contributed by atoms with E-state index < -0.39 is 11.2 Å². The van der Waals surface area contributed by atoms with Gasteiger partial charge in [0.1, 0.15) is 10.9 Å². The fraction of sp³-hybridized carbons (Fsp3) is 0.231. The molecule has 20 heavy (non-hydrogen) atoms. The lowest BCUT2D eigenvalue weighted by atomic mass is 10.2. The standard InChI is InChI=1S/C13H12Cl2N2O3/c1-16-12(18)6-11(15)17(13(16)19)7-8-3-4-10(20-2)9(14)5-8/h3-6H,7H2,1-2H3. The van der Waals surface area contributed by atoms with Crippen LogP contribution in [0.3, 0.4) is 0 Å². The molecule has 0 aliphatic carbocycles. The Balaban J connectivity index is 2.45. The predicted molar refractivity (Wildman–Crippen MR) is 78.1 cm³/mol. The van der Waals surface area contributed by atoms with Gasteiger partial charge in [-0.2, -0.15) is 0 Å². The van der Waals surface area contributed by atoms with Crippen LogP contribution in [-0.4, -0.2) is 16.2 Å². The van der Waals surface area contributed by atoms with E-state index in [1.165, 1.54) is 24.8 Å². The molecule has 0 radical (unpaired) electrons. The minimum Gasteiger partial charge on any atom is -0.495 e. The van der Waals surface area contributed by atoms with Crippen LogP contribution in [0.15, 0.2) is 33.9 Å². The molecular formula is C13H12Cl2N2O3. The molecule has 1 aromatic carbocycles. The molecule has 1 heterocycles. The molecular weight excluding hydrogens is 303 g/mol. The van der Waals surface area contributed by atoms with Crippen molar-refractivity contribution in [1.82, 2.24) is 9.13 Å². The van der Waals surface area contributed by atoms with Crippen LogP contribution in [0.1, 0.15) is 5.56 Å². The number of nitrogens with zero attached hydrogens (tertiary/aromatic N) is 2. The number of rotatable bonds is 3. The van der Waals surface area contributed by atoms with Gasteiger partial charge in [0.2, 0.25) is 0 Å². The highest BCUT2D eigenvalue weighted by Gasteiger charge is 2.09. The first-order valence-corrected chi connectivity index (χ1v) is 6.48.